The Balaban J connectivity index is 1.89. The van der Waals surface area contributed by atoms with Crippen LogP contribution >= 0.6 is 0 Å². The van der Waals surface area contributed by atoms with Gasteiger partial charge in [0.05, 0.1) is 20.4 Å². The molecule has 2 aliphatic heterocycles. The highest BCUT2D eigenvalue weighted by molar-refractivity contribution is 7.90. The molecule has 11 heteroatoms. The molecule has 1 amide bonds. The van der Waals surface area contributed by atoms with Crippen molar-refractivity contribution in [2.24, 2.45) is 0 Å². The SMILES string of the molecule is CC1(C)[C@H](C(=O)O)N2C(=O)[C@@H](NS(=O)(=O)c3ccc(F)cc3)[C@H]2[S@]1=O. The number of hydrogen-bond acceptors (Lipinski definition) is 5. The number of benzene rings is 1. The van der Waals surface area contributed by atoms with Gasteiger partial charge in [-0.15, -0.1) is 0 Å². The Morgan fingerprint density at radius 1 is 1.32 bits per heavy atom. The summed E-state index contributed by atoms with van der Waals surface area (Å²) in [5.41, 5.74) is 0. The van der Waals surface area contributed by atoms with E-state index in [-0.39, 0.29) is 4.90 Å². The molecule has 2 fully saturated rings. The van der Waals surface area contributed by atoms with Crippen molar-refractivity contribution in [1.82, 2.24) is 9.62 Å². The van der Waals surface area contributed by atoms with Crippen LogP contribution in [0.2, 0.25) is 0 Å². The first-order valence-corrected chi connectivity index (χ1v) is 9.91. The summed E-state index contributed by atoms with van der Waals surface area (Å²) in [6.07, 6.45) is 0. The summed E-state index contributed by atoms with van der Waals surface area (Å²) in [5, 5.41) is 8.27. The fourth-order valence-electron chi connectivity index (χ4n) is 3.12. The standard InChI is InChI=1S/C14H15FN2O6S2/c1-14(2)10(13(19)20)17-11(18)9(12(17)24(14)21)16-25(22,23)8-5-3-7(15)4-6-8/h3-6,9-10,12,16H,1-2H3,(H,19,20)/t9-,10+,12-,24-/m1/s1. The van der Waals surface area contributed by atoms with Crippen molar-refractivity contribution >= 4 is 32.7 Å². The van der Waals surface area contributed by atoms with Gasteiger partial charge in [0.15, 0.2) is 0 Å². The molecule has 3 rings (SSSR count). The molecule has 0 spiro atoms. The highest BCUT2D eigenvalue weighted by Crippen LogP contribution is 2.43. The van der Waals surface area contributed by atoms with E-state index in [0.717, 1.165) is 29.2 Å². The molecule has 0 aromatic heterocycles. The Labute approximate surface area is 145 Å². The molecule has 25 heavy (non-hydrogen) atoms. The zero-order chi connectivity index (χ0) is 18.7. The Bertz CT molecular complexity index is 883. The molecular weight excluding hydrogens is 375 g/mol. The lowest BCUT2D eigenvalue weighted by atomic mass is 9.96. The molecule has 0 unspecified atom stereocenters. The lowest BCUT2D eigenvalue weighted by Crippen LogP contribution is -2.71. The number of nitrogens with one attached hydrogen (secondary N) is 1. The monoisotopic (exact) mass is 390 g/mol. The van der Waals surface area contributed by atoms with E-state index in [9.17, 15) is 31.7 Å². The molecule has 1 aromatic carbocycles. The van der Waals surface area contributed by atoms with Crippen LogP contribution < -0.4 is 4.72 Å². The number of amides is 1. The third-order valence-corrected chi connectivity index (χ3v) is 8.05. The van der Waals surface area contributed by atoms with Gasteiger partial charge >= 0.3 is 5.97 Å². The first-order valence-electron chi connectivity index (χ1n) is 7.22. The fraction of sp³-hybridized carbons (Fsp3) is 0.429. The first-order chi connectivity index (χ1) is 11.5. The van der Waals surface area contributed by atoms with Crippen molar-refractivity contribution in [3.8, 4) is 0 Å². The van der Waals surface area contributed by atoms with Gasteiger partial charge in [0.2, 0.25) is 15.9 Å². The Kier molecular flexibility index (Phi) is 4.01. The van der Waals surface area contributed by atoms with Crippen LogP contribution in [0.5, 0.6) is 0 Å². The molecular formula is C14H15FN2O6S2. The number of rotatable bonds is 4. The smallest absolute Gasteiger partial charge is 0.328 e. The van der Waals surface area contributed by atoms with E-state index in [1.54, 1.807) is 0 Å². The molecule has 8 nitrogen and oxygen atoms in total. The van der Waals surface area contributed by atoms with E-state index in [2.05, 4.69) is 4.72 Å². The molecule has 2 aliphatic rings. The molecule has 0 saturated carbocycles. The predicted octanol–water partition coefficient (Wildman–Crippen LogP) is -0.365. The van der Waals surface area contributed by atoms with E-state index in [1.165, 1.54) is 13.8 Å². The maximum Gasteiger partial charge on any atom is 0.328 e. The van der Waals surface area contributed by atoms with Crippen LogP contribution in [0.25, 0.3) is 0 Å². The number of β-lactam (4-membered cyclic amide) rings is 1. The maximum atomic E-state index is 12.9. The van der Waals surface area contributed by atoms with Crippen LogP contribution in [-0.4, -0.2) is 56.7 Å². The van der Waals surface area contributed by atoms with E-state index in [0.29, 0.717) is 0 Å². The summed E-state index contributed by atoms with van der Waals surface area (Å²) in [5.74, 6) is -2.66. The highest BCUT2D eigenvalue weighted by atomic mass is 32.2. The molecule has 4 atom stereocenters. The molecule has 2 N–H and O–H groups in total. The average molecular weight is 390 g/mol. The molecule has 0 aliphatic carbocycles. The van der Waals surface area contributed by atoms with Crippen molar-refractivity contribution in [2.45, 2.75) is 40.9 Å². The fourth-order valence-corrected chi connectivity index (χ4v) is 6.32. The Hall–Kier alpha value is -1.85. The predicted molar refractivity (Wildman–Crippen MR) is 84.8 cm³/mol. The van der Waals surface area contributed by atoms with Crippen LogP contribution in [0, 0.1) is 5.82 Å². The van der Waals surface area contributed by atoms with E-state index >= 15 is 0 Å². The van der Waals surface area contributed by atoms with E-state index < -0.39 is 60.7 Å². The van der Waals surface area contributed by atoms with Crippen LogP contribution in [-0.2, 0) is 30.4 Å². The van der Waals surface area contributed by atoms with Crippen molar-refractivity contribution < 1.29 is 31.7 Å². The Morgan fingerprint density at radius 2 is 1.88 bits per heavy atom. The minimum absolute atomic E-state index is 0.252. The normalized spacial score (nSPS) is 30.7. The van der Waals surface area contributed by atoms with Crippen LogP contribution in [0.1, 0.15) is 13.8 Å². The largest absolute Gasteiger partial charge is 0.480 e. The number of carboxylic acid groups (broad SMARTS) is 1. The molecule has 0 radical (unpaired) electrons. The van der Waals surface area contributed by atoms with Crippen LogP contribution in [0.3, 0.4) is 0 Å². The van der Waals surface area contributed by atoms with Crippen molar-refractivity contribution in [3.63, 3.8) is 0 Å². The number of carboxylic acids is 1. The van der Waals surface area contributed by atoms with Crippen molar-refractivity contribution in [3.05, 3.63) is 30.1 Å². The van der Waals surface area contributed by atoms with Gasteiger partial charge in [0.1, 0.15) is 23.3 Å². The van der Waals surface area contributed by atoms with Gasteiger partial charge in [-0.05, 0) is 38.1 Å². The highest BCUT2D eigenvalue weighted by Gasteiger charge is 2.68. The number of sulfonamides is 1. The average Bonchev–Trinajstić information content (AvgIpc) is 2.70. The summed E-state index contributed by atoms with van der Waals surface area (Å²) in [6.45, 7) is 2.91. The van der Waals surface area contributed by atoms with Crippen LogP contribution in [0.4, 0.5) is 4.39 Å². The number of fused-ring (bicyclic) bond motifs is 1. The third kappa shape index (κ3) is 2.57. The third-order valence-electron chi connectivity index (χ3n) is 4.39. The molecule has 1 aromatic rings. The molecule has 2 saturated heterocycles. The maximum absolute atomic E-state index is 12.9. The van der Waals surface area contributed by atoms with Crippen LogP contribution in [0.15, 0.2) is 29.2 Å². The number of halogens is 1. The second-order valence-electron chi connectivity index (χ2n) is 6.33. The molecule has 2 heterocycles. The van der Waals surface area contributed by atoms with Crippen molar-refractivity contribution in [2.75, 3.05) is 0 Å². The summed E-state index contributed by atoms with van der Waals surface area (Å²) in [7, 11) is -5.93. The first kappa shape index (κ1) is 18.0. The van der Waals surface area contributed by atoms with Gasteiger partial charge < -0.3 is 10.0 Å². The number of hydrogen-bond donors (Lipinski definition) is 2. The van der Waals surface area contributed by atoms with Crippen molar-refractivity contribution in [1.29, 1.82) is 0 Å². The van der Waals surface area contributed by atoms with Gasteiger partial charge in [-0.3, -0.25) is 9.00 Å². The van der Waals surface area contributed by atoms with Gasteiger partial charge in [0, 0.05) is 0 Å². The van der Waals surface area contributed by atoms with Gasteiger partial charge in [-0.25, -0.2) is 17.6 Å². The van der Waals surface area contributed by atoms with Gasteiger partial charge in [-0.2, -0.15) is 4.72 Å². The zero-order valence-corrected chi connectivity index (χ0v) is 14.8. The van der Waals surface area contributed by atoms with Gasteiger partial charge in [0.25, 0.3) is 0 Å². The Morgan fingerprint density at radius 3 is 2.40 bits per heavy atom. The number of aliphatic carboxylic acids is 1. The molecule has 136 valence electrons. The van der Waals surface area contributed by atoms with E-state index in [4.69, 9.17) is 0 Å². The second-order valence-corrected chi connectivity index (χ2v) is 10.2. The van der Waals surface area contributed by atoms with E-state index in [1.807, 2.05) is 0 Å². The summed E-state index contributed by atoms with van der Waals surface area (Å²) in [6, 6.07) is 1.38. The lowest BCUT2D eigenvalue weighted by molar-refractivity contribution is -0.159. The number of carbonyl (C=O) groups is 2. The van der Waals surface area contributed by atoms with Gasteiger partial charge in [-0.1, -0.05) is 0 Å². The number of carbonyl (C=O) groups excluding carboxylic acids is 1. The zero-order valence-electron chi connectivity index (χ0n) is 13.2. The second kappa shape index (κ2) is 5.58. The summed E-state index contributed by atoms with van der Waals surface area (Å²) < 4.78 is 51.2. The topological polar surface area (TPSA) is 121 Å². The quantitative estimate of drug-likeness (QED) is 0.677. The summed E-state index contributed by atoms with van der Waals surface area (Å²) >= 11 is 0. The summed E-state index contributed by atoms with van der Waals surface area (Å²) in [4.78, 5) is 24.4. The number of nitrogens with zero attached hydrogens (tertiary/aromatic N) is 1. The lowest BCUT2D eigenvalue weighted by Gasteiger charge is -2.42. The minimum Gasteiger partial charge on any atom is -0.480 e. The molecule has 0 bridgehead atoms. The minimum atomic E-state index is -4.15.